The van der Waals surface area contributed by atoms with Crippen LogP contribution in [0.15, 0.2) is 23.8 Å². The van der Waals surface area contributed by atoms with Crippen molar-refractivity contribution in [2.24, 2.45) is 0 Å². The van der Waals surface area contributed by atoms with Gasteiger partial charge in [-0.3, -0.25) is 4.79 Å². The number of carbonyl (C=O) groups is 2. The third-order valence-corrected chi connectivity index (χ3v) is 6.40. The van der Waals surface area contributed by atoms with Crippen molar-refractivity contribution in [1.29, 1.82) is 0 Å². The number of nitrogens with one attached hydrogen (secondary N) is 1. The van der Waals surface area contributed by atoms with Gasteiger partial charge in [-0.2, -0.15) is 0 Å². The number of nitrogens with zero attached hydrogens (tertiary/aromatic N) is 1. The Morgan fingerprint density at radius 2 is 1.81 bits per heavy atom. The number of imide groups is 1. The maximum atomic E-state index is 13.7. The number of anilines is 1. The van der Waals surface area contributed by atoms with E-state index in [4.69, 9.17) is 16.3 Å². The van der Waals surface area contributed by atoms with E-state index in [0.29, 0.717) is 16.2 Å². The second kappa shape index (κ2) is 9.57. The van der Waals surface area contributed by atoms with E-state index in [2.05, 4.69) is 4.72 Å². The zero-order chi connectivity index (χ0) is 24.6. The van der Waals surface area contributed by atoms with Crippen LogP contribution in [0.3, 0.4) is 0 Å². The van der Waals surface area contributed by atoms with Crippen LogP contribution < -0.4 is 9.62 Å². The van der Waals surface area contributed by atoms with Gasteiger partial charge in [0.05, 0.1) is 27.5 Å². The van der Waals surface area contributed by atoms with Gasteiger partial charge in [-0.05, 0) is 73.1 Å². The number of amides is 2. The van der Waals surface area contributed by atoms with Gasteiger partial charge in [-0.15, -0.1) is 0 Å². The molecule has 1 aromatic rings. The van der Waals surface area contributed by atoms with Crippen LogP contribution in [0.5, 0.6) is 0 Å². The lowest BCUT2D eigenvalue weighted by atomic mass is 9.97. The number of benzene rings is 1. The van der Waals surface area contributed by atoms with Crippen molar-refractivity contribution in [2.45, 2.75) is 77.7 Å². The standard InChI is InChI=1S/C22H29ClF2N2O4S/c1-12(10-15(18(24)25)26-32(30)22(5,6)7)17-14-11-13(23)8-9-16(14)27(19(17)28)20(29)31-21(2,3)4/h8-9,11,15,18,26H,10H2,1-7H3/b17-12-/t15-,32-/m0/s1. The molecule has 32 heavy (non-hydrogen) atoms. The normalized spacial score (nSPS) is 18.0. The molecule has 0 aliphatic carbocycles. The van der Waals surface area contributed by atoms with Crippen molar-refractivity contribution in [1.82, 2.24) is 4.72 Å². The topological polar surface area (TPSA) is 75.7 Å². The van der Waals surface area contributed by atoms with Gasteiger partial charge < -0.3 is 4.74 Å². The zero-order valence-electron chi connectivity index (χ0n) is 19.2. The Morgan fingerprint density at radius 1 is 1.22 bits per heavy atom. The van der Waals surface area contributed by atoms with Gasteiger partial charge in [0.1, 0.15) is 5.60 Å². The summed E-state index contributed by atoms with van der Waals surface area (Å²) >= 11 is 6.11. The van der Waals surface area contributed by atoms with Crippen molar-refractivity contribution in [3.8, 4) is 0 Å². The molecule has 6 nitrogen and oxygen atoms in total. The van der Waals surface area contributed by atoms with Crippen LogP contribution in [0.25, 0.3) is 5.57 Å². The second-order valence-corrected chi connectivity index (χ2v) is 12.0. The number of halogens is 3. The Bertz CT molecular complexity index is 968. The second-order valence-electron chi connectivity index (χ2n) is 9.58. The Morgan fingerprint density at radius 3 is 2.31 bits per heavy atom. The van der Waals surface area contributed by atoms with Crippen molar-refractivity contribution in [2.75, 3.05) is 4.90 Å². The number of alkyl halides is 2. The first-order valence-corrected chi connectivity index (χ1v) is 11.6. The molecule has 0 spiro atoms. The number of hydrogen-bond donors (Lipinski definition) is 1. The van der Waals surface area contributed by atoms with Gasteiger partial charge >= 0.3 is 6.09 Å². The fourth-order valence-corrected chi connectivity index (χ4v) is 4.06. The number of hydrogen-bond acceptors (Lipinski definition) is 4. The first-order chi connectivity index (χ1) is 14.5. The summed E-state index contributed by atoms with van der Waals surface area (Å²) in [5, 5.41) is 0.324. The molecule has 1 aliphatic heterocycles. The summed E-state index contributed by atoms with van der Waals surface area (Å²) in [6.45, 7) is 11.6. The molecule has 1 heterocycles. The van der Waals surface area contributed by atoms with Crippen LogP contribution in [-0.4, -0.2) is 39.0 Å². The highest BCUT2D eigenvalue weighted by atomic mass is 35.5. The molecule has 0 saturated carbocycles. The third kappa shape index (κ3) is 6.14. The molecule has 0 aromatic heterocycles. The van der Waals surface area contributed by atoms with Gasteiger partial charge in [0.25, 0.3) is 12.3 Å². The molecule has 1 aromatic carbocycles. The summed E-state index contributed by atoms with van der Waals surface area (Å²) in [4.78, 5) is 26.8. The monoisotopic (exact) mass is 490 g/mol. The number of rotatable bonds is 5. The van der Waals surface area contributed by atoms with Crippen molar-refractivity contribution >= 4 is 45.8 Å². The van der Waals surface area contributed by atoms with E-state index in [1.807, 2.05) is 0 Å². The van der Waals surface area contributed by atoms with Crippen molar-refractivity contribution in [3.63, 3.8) is 0 Å². The lowest BCUT2D eigenvalue weighted by Gasteiger charge is -2.24. The van der Waals surface area contributed by atoms with E-state index >= 15 is 0 Å². The molecule has 0 bridgehead atoms. The van der Waals surface area contributed by atoms with Crippen LogP contribution >= 0.6 is 11.6 Å². The van der Waals surface area contributed by atoms with E-state index in [1.165, 1.54) is 25.1 Å². The predicted octanol–water partition coefficient (Wildman–Crippen LogP) is 5.47. The summed E-state index contributed by atoms with van der Waals surface area (Å²) in [5.74, 6) is -0.682. The molecule has 0 unspecified atom stereocenters. The number of carbonyl (C=O) groups excluding carboxylic acids is 2. The molecule has 2 rings (SSSR count). The minimum atomic E-state index is -2.82. The van der Waals surface area contributed by atoms with Gasteiger partial charge in [-0.1, -0.05) is 17.2 Å². The van der Waals surface area contributed by atoms with E-state index in [1.54, 1.807) is 41.5 Å². The SMILES string of the molecule is C/C(C[C@H](N[S@@](=O)C(C)(C)C)C(F)F)=C1/C(=O)N(C(=O)OC(C)(C)C)c2ccc(Cl)cc21. The minimum Gasteiger partial charge on any atom is -0.443 e. The molecule has 1 aliphatic rings. The molecule has 10 heteroatoms. The van der Waals surface area contributed by atoms with E-state index in [9.17, 15) is 22.6 Å². The fourth-order valence-electron chi connectivity index (χ4n) is 3.07. The fraction of sp³-hybridized carbons (Fsp3) is 0.545. The highest BCUT2D eigenvalue weighted by Crippen LogP contribution is 2.41. The van der Waals surface area contributed by atoms with Crippen molar-refractivity contribution in [3.05, 3.63) is 34.4 Å². The van der Waals surface area contributed by atoms with Crippen molar-refractivity contribution < 1.29 is 27.3 Å². The average molecular weight is 491 g/mol. The molecule has 0 fully saturated rings. The number of fused-ring (bicyclic) bond motifs is 1. The first-order valence-electron chi connectivity index (χ1n) is 10.1. The summed E-state index contributed by atoms with van der Waals surface area (Å²) in [6, 6.07) is 3.10. The maximum Gasteiger partial charge on any atom is 0.422 e. The first kappa shape index (κ1) is 26.4. The van der Waals surface area contributed by atoms with Crippen LogP contribution in [-0.2, 0) is 20.5 Å². The van der Waals surface area contributed by atoms with Gasteiger partial charge in [0.2, 0.25) is 0 Å². The predicted molar refractivity (Wildman–Crippen MR) is 123 cm³/mol. The Balaban J connectivity index is 2.48. The molecule has 178 valence electrons. The Hall–Kier alpha value is -1.84. The van der Waals surface area contributed by atoms with Crippen LogP contribution in [0.2, 0.25) is 5.02 Å². The van der Waals surface area contributed by atoms with Crippen LogP contribution in [0.1, 0.15) is 60.5 Å². The quantitative estimate of drug-likeness (QED) is 0.555. The average Bonchev–Trinajstić information content (AvgIpc) is 2.89. The van der Waals surface area contributed by atoms with E-state index in [0.717, 1.165) is 4.90 Å². The zero-order valence-corrected chi connectivity index (χ0v) is 20.8. The summed E-state index contributed by atoms with van der Waals surface area (Å²) < 4.78 is 46.9. The Kier molecular flexibility index (Phi) is 7.90. The molecule has 1 N–H and O–H groups in total. The highest BCUT2D eigenvalue weighted by molar-refractivity contribution is 7.84. The molecular weight excluding hydrogens is 462 g/mol. The summed E-state index contributed by atoms with van der Waals surface area (Å²) in [6.07, 6.45) is -3.95. The molecule has 2 atom stereocenters. The minimum absolute atomic E-state index is 0.0994. The third-order valence-electron chi connectivity index (χ3n) is 4.53. The van der Waals surface area contributed by atoms with Gasteiger partial charge in [0.15, 0.2) is 0 Å². The van der Waals surface area contributed by atoms with Crippen LogP contribution in [0, 0.1) is 0 Å². The molecular formula is C22H29ClF2N2O4S. The lowest BCUT2D eigenvalue weighted by molar-refractivity contribution is -0.112. The summed E-state index contributed by atoms with van der Waals surface area (Å²) in [7, 11) is -1.73. The van der Waals surface area contributed by atoms with Gasteiger partial charge in [0, 0.05) is 16.2 Å². The number of ether oxygens (including phenoxy) is 1. The lowest BCUT2D eigenvalue weighted by Crippen LogP contribution is -2.43. The molecule has 0 saturated heterocycles. The molecule has 0 radical (unpaired) electrons. The van der Waals surface area contributed by atoms with Crippen LogP contribution in [0.4, 0.5) is 19.3 Å². The highest BCUT2D eigenvalue weighted by Gasteiger charge is 2.41. The van der Waals surface area contributed by atoms with E-state index < -0.39 is 45.8 Å². The summed E-state index contributed by atoms with van der Waals surface area (Å²) in [5.41, 5.74) is 0.196. The largest absolute Gasteiger partial charge is 0.443 e. The maximum absolute atomic E-state index is 13.7. The smallest absolute Gasteiger partial charge is 0.422 e. The van der Waals surface area contributed by atoms with Gasteiger partial charge in [-0.25, -0.2) is 27.4 Å². The molecule has 2 amide bonds. The Labute approximate surface area is 194 Å². The van der Waals surface area contributed by atoms with E-state index in [-0.39, 0.29) is 17.7 Å².